The molecule has 0 bridgehead atoms. The fraction of sp³-hybridized carbons (Fsp3) is 0.400. The van der Waals surface area contributed by atoms with Gasteiger partial charge in [0.25, 0.3) is 0 Å². The van der Waals surface area contributed by atoms with E-state index in [2.05, 4.69) is 0 Å². The van der Waals surface area contributed by atoms with E-state index in [1.165, 1.54) is 0 Å². The molecular formula is C15H18O3. The molecule has 1 aromatic carbocycles. The van der Waals surface area contributed by atoms with Gasteiger partial charge in [-0.3, -0.25) is 4.79 Å². The van der Waals surface area contributed by atoms with Crippen LogP contribution in [0.3, 0.4) is 0 Å². The topological polar surface area (TPSA) is 35.5 Å². The highest BCUT2D eigenvalue weighted by molar-refractivity contribution is 5.79. The molecule has 0 aromatic heterocycles. The minimum Gasteiger partial charge on any atom is -0.460 e. The van der Waals surface area contributed by atoms with Crippen LogP contribution in [0.1, 0.15) is 18.9 Å². The summed E-state index contributed by atoms with van der Waals surface area (Å²) in [6.45, 7) is 3.28. The van der Waals surface area contributed by atoms with Gasteiger partial charge >= 0.3 is 5.97 Å². The van der Waals surface area contributed by atoms with Crippen LogP contribution in [0.25, 0.3) is 0 Å². The van der Waals surface area contributed by atoms with Crippen molar-refractivity contribution in [3.05, 3.63) is 48.0 Å². The van der Waals surface area contributed by atoms with Crippen LogP contribution < -0.4 is 0 Å². The number of esters is 1. The molecular weight excluding hydrogens is 228 g/mol. The summed E-state index contributed by atoms with van der Waals surface area (Å²) in [5.41, 5.74) is 0.394. The average molecular weight is 246 g/mol. The Morgan fingerprint density at radius 2 is 2.17 bits per heavy atom. The molecule has 1 unspecified atom stereocenters. The Morgan fingerprint density at radius 1 is 1.39 bits per heavy atom. The quantitative estimate of drug-likeness (QED) is 0.605. The Hall–Kier alpha value is -1.61. The Balaban J connectivity index is 1.98. The molecule has 3 heteroatoms. The molecule has 0 saturated carbocycles. The van der Waals surface area contributed by atoms with E-state index in [1.54, 1.807) is 0 Å². The van der Waals surface area contributed by atoms with Crippen molar-refractivity contribution in [1.29, 1.82) is 0 Å². The molecule has 0 aliphatic carbocycles. The second-order valence-electron chi connectivity index (χ2n) is 4.49. The molecule has 1 aliphatic heterocycles. The van der Waals surface area contributed by atoms with E-state index in [0.29, 0.717) is 26.2 Å². The lowest BCUT2D eigenvalue weighted by molar-refractivity contribution is -0.158. The number of hydrogen-bond donors (Lipinski definition) is 0. The minimum atomic E-state index is -0.604. The standard InChI is InChI=1S/C15H18O3/c1-2-15(9-6-10-17-12-15)14(16)18-11-13-7-4-3-5-8-13/h3-9H,2,10-12H2,1H3. The summed E-state index contributed by atoms with van der Waals surface area (Å²) in [6.07, 6.45) is 4.50. The molecule has 96 valence electrons. The van der Waals surface area contributed by atoms with Gasteiger partial charge in [-0.05, 0) is 12.0 Å². The molecule has 1 aromatic rings. The largest absolute Gasteiger partial charge is 0.460 e. The molecule has 1 atom stereocenters. The Labute approximate surface area is 107 Å². The van der Waals surface area contributed by atoms with E-state index in [-0.39, 0.29) is 5.97 Å². The number of carbonyl (C=O) groups excluding carboxylic acids is 1. The lowest BCUT2D eigenvalue weighted by Gasteiger charge is -2.29. The molecule has 0 amide bonds. The first-order chi connectivity index (χ1) is 8.77. The zero-order chi connectivity index (χ0) is 12.8. The minimum absolute atomic E-state index is 0.204. The fourth-order valence-electron chi connectivity index (χ4n) is 1.99. The van der Waals surface area contributed by atoms with Crippen molar-refractivity contribution in [2.75, 3.05) is 13.2 Å². The number of carbonyl (C=O) groups is 1. The molecule has 0 N–H and O–H groups in total. The molecule has 0 saturated heterocycles. The maximum absolute atomic E-state index is 12.2. The van der Waals surface area contributed by atoms with Gasteiger partial charge in [0.1, 0.15) is 12.0 Å². The van der Waals surface area contributed by atoms with Crippen LogP contribution in [-0.2, 0) is 20.9 Å². The van der Waals surface area contributed by atoms with Gasteiger partial charge < -0.3 is 9.47 Å². The molecule has 0 radical (unpaired) electrons. The van der Waals surface area contributed by atoms with Crippen LogP contribution in [0, 0.1) is 5.41 Å². The number of benzene rings is 1. The maximum atomic E-state index is 12.2. The summed E-state index contributed by atoms with van der Waals surface area (Å²) in [4.78, 5) is 12.2. The third-order valence-corrected chi connectivity index (χ3v) is 3.26. The van der Waals surface area contributed by atoms with Gasteiger partial charge in [0.15, 0.2) is 0 Å². The van der Waals surface area contributed by atoms with E-state index in [4.69, 9.17) is 9.47 Å². The second-order valence-corrected chi connectivity index (χ2v) is 4.49. The van der Waals surface area contributed by atoms with Crippen LogP contribution in [0.4, 0.5) is 0 Å². The van der Waals surface area contributed by atoms with E-state index in [1.807, 2.05) is 49.4 Å². The Bertz CT molecular complexity index is 425. The van der Waals surface area contributed by atoms with E-state index < -0.39 is 5.41 Å². The summed E-state index contributed by atoms with van der Waals surface area (Å²) >= 11 is 0. The molecule has 1 heterocycles. The lowest BCUT2D eigenvalue weighted by Crippen LogP contribution is -2.37. The van der Waals surface area contributed by atoms with Crippen molar-refractivity contribution in [2.24, 2.45) is 5.41 Å². The predicted octanol–water partition coefficient (Wildman–Crippen LogP) is 2.71. The lowest BCUT2D eigenvalue weighted by atomic mass is 9.84. The third kappa shape index (κ3) is 2.79. The number of rotatable bonds is 4. The zero-order valence-corrected chi connectivity index (χ0v) is 10.6. The van der Waals surface area contributed by atoms with Gasteiger partial charge in [-0.25, -0.2) is 0 Å². The third-order valence-electron chi connectivity index (χ3n) is 3.26. The molecule has 1 aliphatic rings. The van der Waals surface area contributed by atoms with Crippen molar-refractivity contribution in [3.63, 3.8) is 0 Å². The van der Waals surface area contributed by atoms with Crippen molar-refractivity contribution < 1.29 is 14.3 Å². The first kappa shape index (κ1) is 12.8. The number of ether oxygens (including phenoxy) is 2. The van der Waals surface area contributed by atoms with E-state index >= 15 is 0 Å². The molecule has 0 fully saturated rings. The first-order valence-electron chi connectivity index (χ1n) is 6.23. The van der Waals surface area contributed by atoms with Gasteiger partial charge in [-0.15, -0.1) is 0 Å². The summed E-state index contributed by atoms with van der Waals surface area (Å²) in [5.74, 6) is -0.204. The summed E-state index contributed by atoms with van der Waals surface area (Å²) in [6, 6.07) is 9.69. The van der Waals surface area contributed by atoms with Gasteiger partial charge in [-0.2, -0.15) is 0 Å². The summed E-state index contributed by atoms with van der Waals surface area (Å²) < 4.78 is 10.8. The highest BCUT2D eigenvalue weighted by Gasteiger charge is 2.37. The van der Waals surface area contributed by atoms with Crippen LogP contribution in [-0.4, -0.2) is 19.2 Å². The van der Waals surface area contributed by atoms with Gasteiger partial charge in [0.2, 0.25) is 0 Å². The summed E-state index contributed by atoms with van der Waals surface area (Å²) in [7, 11) is 0. The van der Waals surface area contributed by atoms with Gasteiger partial charge in [-0.1, -0.05) is 49.4 Å². The van der Waals surface area contributed by atoms with Crippen LogP contribution in [0.15, 0.2) is 42.5 Å². The van der Waals surface area contributed by atoms with Gasteiger partial charge in [0, 0.05) is 0 Å². The van der Waals surface area contributed by atoms with Gasteiger partial charge in [0.05, 0.1) is 13.2 Å². The Kier molecular flexibility index (Phi) is 4.15. The molecule has 2 rings (SSSR count). The normalized spacial score (nSPS) is 22.7. The smallest absolute Gasteiger partial charge is 0.318 e. The highest BCUT2D eigenvalue weighted by Crippen LogP contribution is 2.29. The summed E-state index contributed by atoms with van der Waals surface area (Å²) in [5, 5.41) is 0. The van der Waals surface area contributed by atoms with Crippen molar-refractivity contribution in [2.45, 2.75) is 20.0 Å². The van der Waals surface area contributed by atoms with Crippen molar-refractivity contribution >= 4 is 5.97 Å². The van der Waals surface area contributed by atoms with Crippen molar-refractivity contribution in [3.8, 4) is 0 Å². The monoisotopic (exact) mass is 246 g/mol. The molecule has 3 nitrogen and oxygen atoms in total. The van der Waals surface area contributed by atoms with E-state index in [9.17, 15) is 4.79 Å². The average Bonchev–Trinajstić information content (AvgIpc) is 2.46. The van der Waals surface area contributed by atoms with Crippen molar-refractivity contribution in [1.82, 2.24) is 0 Å². The Morgan fingerprint density at radius 3 is 2.78 bits per heavy atom. The molecule has 18 heavy (non-hydrogen) atoms. The predicted molar refractivity (Wildman–Crippen MR) is 68.9 cm³/mol. The van der Waals surface area contributed by atoms with E-state index in [0.717, 1.165) is 5.56 Å². The highest BCUT2D eigenvalue weighted by atomic mass is 16.5. The SMILES string of the molecule is CCC1(C(=O)OCc2ccccc2)C=CCOC1. The molecule has 0 spiro atoms. The van der Waals surface area contributed by atoms with Crippen LogP contribution in [0.2, 0.25) is 0 Å². The van der Waals surface area contributed by atoms with Crippen LogP contribution >= 0.6 is 0 Å². The van der Waals surface area contributed by atoms with Crippen LogP contribution in [0.5, 0.6) is 0 Å². The maximum Gasteiger partial charge on any atom is 0.318 e. The fourth-order valence-corrected chi connectivity index (χ4v) is 1.99. The zero-order valence-electron chi connectivity index (χ0n) is 10.6. The second kappa shape index (κ2) is 5.83. The number of hydrogen-bond acceptors (Lipinski definition) is 3. The first-order valence-corrected chi connectivity index (χ1v) is 6.23.